The van der Waals surface area contributed by atoms with Crippen molar-refractivity contribution in [2.24, 2.45) is 0 Å². The van der Waals surface area contributed by atoms with E-state index in [0.29, 0.717) is 0 Å². The number of rotatable bonds is 4. The normalized spacial score (nSPS) is 11.8. The molecule has 3 nitrogen and oxygen atoms in total. The molecule has 1 aliphatic rings. The van der Waals surface area contributed by atoms with Gasteiger partial charge in [0.05, 0.1) is 0 Å². The molecule has 0 fully saturated rings. The second-order valence-corrected chi connectivity index (χ2v) is 7.96. The van der Waals surface area contributed by atoms with Crippen molar-refractivity contribution < 1.29 is 4.79 Å². The Bertz CT molecular complexity index is 1470. The van der Waals surface area contributed by atoms with Gasteiger partial charge in [-0.3, -0.25) is 4.79 Å². The largest absolute Gasteiger partial charge is 0.356 e. The molecule has 0 saturated carbocycles. The molecule has 2 N–H and O–H groups in total. The van der Waals surface area contributed by atoms with E-state index in [1.165, 1.54) is 0 Å². The molecule has 0 spiro atoms. The van der Waals surface area contributed by atoms with Gasteiger partial charge in [-0.2, -0.15) is 0 Å². The molecule has 0 saturated heterocycles. The molecular weight excluding hydrogens is 392 g/mol. The minimum atomic E-state index is 0.0617. The number of hydrogen-bond acceptors (Lipinski definition) is 3. The highest BCUT2D eigenvalue weighted by Crippen LogP contribution is 2.43. The number of anilines is 4. The third-order valence-electron chi connectivity index (χ3n) is 5.95. The quantitative estimate of drug-likeness (QED) is 0.314. The number of fused-ring (bicyclic) bond motifs is 2. The molecule has 0 aliphatic heterocycles. The van der Waals surface area contributed by atoms with Crippen molar-refractivity contribution >= 4 is 39.3 Å². The van der Waals surface area contributed by atoms with Gasteiger partial charge >= 0.3 is 0 Å². The van der Waals surface area contributed by atoms with Gasteiger partial charge in [-0.25, -0.2) is 0 Å². The Kier molecular flexibility index (Phi) is 4.25. The lowest BCUT2D eigenvalue weighted by Crippen LogP contribution is -2.11. The highest BCUT2D eigenvalue weighted by Gasteiger charge is 2.26. The highest BCUT2D eigenvalue weighted by molar-refractivity contribution is 6.27. The van der Waals surface area contributed by atoms with Crippen LogP contribution in [0, 0.1) is 0 Å². The Labute approximate surface area is 186 Å². The van der Waals surface area contributed by atoms with Crippen LogP contribution in [0.5, 0.6) is 0 Å². The monoisotopic (exact) mass is 412 g/mol. The summed E-state index contributed by atoms with van der Waals surface area (Å²) < 4.78 is 0. The molecule has 0 unspecified atom stereocenters. The molecule has 0 amide bonds. The van der Waals surface area contributed by atoms with E-state index in [0.717, 1.165) is 55.8 Å². The fourth-order valence-electron chi connectivity index (χ4n) is 4.48. The predicted octanol–water partition coefficient (Wildman–Crippen LogP) is 7.54. The SMILES string of the molecule is O=C1c2cc(Nc3ccccc3)ccc2-c2ccc(Nc3ccccc3)c3cccc1c23. The summed E-state index contributed by atoms with van der Waals surface area (Å²) in [4.78, 5) is 13.5. The minimum absolute atomic E-state index is 0.0617. The minimum Gasteiger partial charge on any atom is -0.356 e. The van der Waals surface area contributed by atoms with E-state index >= 15 is 0 Å². The molecule has 6 rings (SSSR count). The lowest BCUT2D eigenvalue weighted by atomic mass is 9.82. The molecule has 0 atom stereocenters. The van der Waals surface area contributed by atoms with Gasteiger partial charge in [-0.15, -0.1) is 0 Å². The Morgan fingerprint density at radius 2 is 1.16 bits per heavy atom. The van der Waals surface area contributed by atoms with Crippen LogP contribution >= 0.6 is 0 Å². The predicted molar refractivity (Wildman–Crippen MR) is 132 cm³/mol. The third-order valence-corrected chi connectivity index (χ3v) is 5.95. The Morgan fingerprint density at radius 1 is 0.469 bits per heavy atom. The van der Waals surface area contributed by atoms with Gasteiger partial charge in [0.1, 0.15) is 0 Å². The maximum absolute atomic E-state index is 13.5. The lowest BCUT2D eigenvalue weighted by Gasteiger charge is -2.22. The molecule has 0 heterocycles. The van der Waals surface area contributed by atoms with Gasteiger partial charge in [0, 0.05) is 44.6 Å². The van der Waals surface area contributed by atoms with E-state index in [4.69, 9.17) is 0 Å². The van der Waals surface area contributed by atoms with Gasteiger partial charge < -0.3 is 10.6 Å². The molecule has 5 aromatic rings. The first-order valence-electron chi connectivity index (χ1n) is 10.7. The average Bonchev–Trinajstić information content (AvgIpc) is 2.84. The molecule has 152 valence electrons. The van der Waals surface area contributed by atoms with Crippen molar-refractivity contribution in [3.8, 4) is 11.1 Å². The van der Waals surface area contributed by atoms with Gasteiger partial charge in [0.25, 0.3) is 0 Å². The van der Waals surface area contributed by atoms with E-state index < -0.39 is 0 Å². The number of ketones is 1. The number of carbonyl (C=O) groups excluding carboxylic acids is 1. The summed E-state index contributed by atoms with van der Waals surface area (Å²) in [6.07, 6.45) is 0. The van der Waals surface area contributed by atoms with Crippen molar-refractivity contribution in [3.05, 3.63) is 120 Å². The van der Waals surface area contributed by atoms with Crippen LogP contribution in [-0.4, -0.2) is 5.78 Å². The average molecular weight is 412 g/mol. The van der Waals surface area contributed by atoms with E-state index in [2.05, 4.69) is 28.8 Å². The van der Waals surface area contributed by atoms with Crippen LogP contribution in [0.25, 0.3) is 21.9 Å². The first-order valence-corrected chi connectivity index (χ1v) is 10.7. The second-order valence-electron chi connectivity index (χ2n) is 7.96. The highest BCUT2D eigenvalue weighted by atomic mass is 16.1. The molecule has 1 aliphatic carbocycles. The fraction of sp³-hybridized carbons (Fsp3) is 0. The first kappa shape index (κ1) is 18.4. The number of benzene rings is 5. The van der Waals surface area contributed by atoms with Crippen LogP contribution in [0.2, 0.25) is 0 Å². The molecule has 3 heteroatoms. The summed E-state index contributed by atoms with van der Waals surface area (Å²) in [5, 5.41) is 8.96. The molecule has 0 aromatic heterocycles. The van der Waals surface area contributed by atoms with E-state index in [1.54, 1.807) is 0 Å². The first-order chi connectivity index (χ1) is 15.8. The summed E-state index contributed by atoms with van der Waals surface area (Å²) in [6.45, 7) is 0. The maximum Gasteiger partial charge on any atom is 0.194 e. The van der Waals surface area contributed by atoms with Crippen molar-refractivity contribution in [2.75, 3.05) is 10.6 Å². The van der Waals surface area contributed by atoms with Crippen molar-refractivity contribution in [3.63, 3.8) is 0 Å². The molecule has 5 aromatic carbocycles. The van der Waals surface area contributed by atoms with E-state index in [-0.39, 0.29) is 5.78 Å². The van der Waals surface area contributed by atoms with Crippen LogP contribution in [-0.2, 0) is 0 Å². The Hall–Kier alpha value is -4.37. The van der Waals surface area contributed by atoms with Gasteiger partial charge in [0.2, 0.25) is 0 Å². The topological polar surface area (TPSA) is 41.1 Å². The van der Waals surface area contributed by atoms with Crippen LogP contribution in [0.4, 0.5) is 22.7 Å². The van der Waals surface area contributed by atoms with E-state index in [1.807, 2.05) is 91.0 Å². The van der Waals surface area contributed by atoms with E-state index in [9.17, 15) is 4.79 Å². The zero-order valence-electron chi connectivity index (χ0n) is 17.3. The number of hydrogen-bond donors (Lipinski definition) is 2. The zero-order chi connectivity index (χ0) is 21.5. The fourth-order valence-corrected chi connectivity index (χ4v) is 4.48. The second kappa shape index (κ2) is 7.40. The van der Waals surface area contributed by atoms with Gasteiger partial charge in [-0.05, 0) is 53.6 Å². The molecule has 0 radical (unpaired) electrons. The van der Waals surface area contributed by atoms with Crippen LogP contribution in [0.3, 0.4) is 0 Å². The van der Waals surface area contributed by atoms with Gasteiger partial charge in [-0.1, -0.05) is 66.7 Å². The van der Waals surface area contributed by atoms with Crippen molar-refractivity contribution in [1.82, 2.24) is 0 Å². The summed E-state index contributed by atoms with van der Waals surface area (Å²) >= 11 is 0. The molecule has 0 bridgehead atoms. The maximum atomic E-state index is 13.5. The lowest BCUT2D eigenvalue weighted by molar-refractivity contribution is 0.104. The van der Waals surface area contributed by atoms with Crippen molar-refractivity contribution in [2.45, 2.75) is 0 Å². The summed E-state index contributed by atoms with van der Waals surface area (Å²) in [5.74, 6) is 0.0617. The zero-order valence-corrected chi connectivity index (χ0v) is 17.3. The number of para-hydroxylation sites is 2. The van der Waals surface area contributed by atoms with Crippen molar-refractivity contribution in [1.29, 1.82) is 0 Å². The molecule has 32 heavy (non-hydrogen) atoms. The van der Waals surface area contributed by atoms with Gasteiger partial charge in [0.15, 0.2) is 5.78 Å². The Morgan fingerprint density at radius 3 is 1.91 bits per heavy atom. The summed E-state index contributed by atoms with van der Waals surface area (Å²) in [7, 11) is 0. The standard InChI is InChI=1S/C29H20N2O/c32-29-25-13-7-12-24-27(31-20-10-5-2-6-11-20)17-16-23(28(24)25)22-15-14-21(18-26(22)29)30-19-8-3-1-4-9-19/h1-18,30-31H. The van der Waals surface area contributed by atoms with Crippen LogP contribution < -0.4 is 10.6 Å². The number of carbonyl (C=O) groups is 1. The smallest absolute Gasteiger partial charge is 0.194 e. The number of nitrogens with one attached hydrogen (secondary N) is 2. The molecular formula is C29H20N2O. The van der Waals surface area contributed by atoms with Crippen LogP contribution in [0.1, 0.15) is 15.9 Å². The Balaban J connectivity index is 1.47. The van der Waals surface area contributed by atoms with Crippen LogP contribution in [0.15, 0.2) is 109 Å². The third kappa shape index (κ3) is 3.03. The summed E-state index contributed by atoms with van der Waals surface area (Å²) in [6, 6.07) is 36.3. The summed E-state index contributed by atoms with van der Waals surface area (Å²) in [5.41, 5.74) is 7.46.